The molecule has 0 unspecified atom stereocenters. The number of rotatable bonds is 6. The number of hydrogen-bond acceptors (Lipinski definition) is 3. The molecule has 0 radical (unpaired) electrons. The Morgan fingerprint density at radius 2 is 1.71 bits per heavy atom. The highest BCUT2D eigenvalue weighted by molar-refractivity contribution is 7.99. The van der Waals surface area contributed by atoms with Crippen LogP contribution in [0.5, 0.6) is 0 Å². The zero-order valence-electron chi connectivity index (χ0n) is 15.6. The van der Waals surface area contributed by atoms with Crippen molar-refractivity contribution >= 4 is 17.7 Å². The maximum Gasteiger partial charge on any atom is 0.314 e. The van der Waals surface area contributed by atoms with Crippen molar-refractivity contribution in [1.82, 2.24) is 4.57 Å². The summed E-state index contributed by atoms with van der Waals surface area (Å²) in [5, 5.41) is 9.89. The van der Waals surface area contributed by atoms with E-state index in [2.05, 4.69) is 41.2 Å². The lowest BCUT2D eigenvalue weighted by molar-refractivity contribution is -0.147. The van der Waals surface area contributed by atoms with Crippen LogP contribution in [0.2, 0.25) is 0 Å². The number of ether oxygens (including phenoxy) is 1. The Kier molecular flexibility index (Phi) is 5.55. The van der Waals surface area contributed by atoms with Crippen LogP contribution in [-0.2, 0) is 21.5 Å². The van der Waals surface area contributed by atoms with E-state index >= 15 is 0 Å². The van der Waals surface area contributed by atoms with Gasteiger partial charge in [-0.2, -0.15) is 0 Å². The van der Waals surface area contributed by atoms with Crippen molar-refractivity contribution in [2.45, 2.75) is 34.6 Å². The number of aromatic nitrogens is 1. The van der Waals surface area contributed by atoms with Gasteiger partial charge in [-0.05, 0) is 60.4 Å². The molecular formula is C23H23NO3S. The van der Waals surface area contributed by atoms with Crippen LogP contribution in [0.4, 0.5) is 0 Å². The second kappa shape index (κ2) is 8.25. The van der Waals surface area contributed by atoms with Crippen molar-refractivity contribution in [2.24, 2.45) is 0 Å². The molecule has 1 aliphatic heterocycles. The van der Waals surface area contributed by atoms with Gasteiger partial charge < -0.3 is 14.4 Å². The topological polar surface area (TPSA) is 51.5 Å². The van der Waals surface area contributed by atoms with Gasteiger partial charge in [0, 0.05) is 41.9 Å². The van der Waals surface area contributed by atoms with Crippen LogP contribution < -0.4 is 0 Å². The van der Waals surface area contributed by atoms with Gasteiger partial charge in [0.25, 0.3) is 0 Å². The molecule has 1 N–H and O–H groups in total. The Morgan fingerprint density at radius 1 is 1.00 bits per heavy atom. The third-order valence-electron chi connectivity index (χ3n) is 5.33. The smallest absolute Gasteiger partial charge is 0.314 e. The van der Waals surface area contributed by atoms with Crippen molar-refractivity contribution in [3.05, 3.63) is 84.2 Å². The van der Waals surface area contributed by atoms with Gasteiger partial charge in [-0.3, -0.25) is 4.79 Å². The van der Waals surface area contributed by atoms with Crippen LogP contribution in [-0.4, -0.2) is 28.9 Å². The molecule has 5 heteroatoms. The molecule has 1 aliphatic rings. The third-order valence-corrected chi connectivity index (χ3v) is 6.33. The molecule has 0 aliphatic carbocycles. The first-order valence-corrected chi connectivity index (χ1v) is 10.3. The molecule has 4 nitrogen and oxygen atoms in total. The minimum atomic E-state index is -0.838. The summed E-state index contributed by atoms with van der Waals surface area (Å²) in [5.41, 5.74) is 1.29. The van der Waals surface area contributed by atoms with Crippen molar-refractivity contribution < 1.29 is 14.6 Å². The van der Waals surface area contributed by atoms with Crippen LogP contribution >= 0.6 is 11.8 Å². The predicted octanol–water partition coefficient (Wildman–Crippen LogP) is 4.82. The SMILES string of the molecule is O=C(O)C1(c2cccc(Sc3ccc(Cn4cccc4)cc3)c2)CCOCC1. The molecule has 1 saturated heterocycles. The molecular weight excluding hydrogens is 370 g/mol. The monoisotopic (exact) mass is 393 g/mol. The summed E-state index contributed by atoms with van der Waals surface area (Å²) in [6, 6.07) is 20.5. The van der Waals surface area contributed by atoms with Gasteiger partial charge in [0.1, 0.15) is 0 Å². The van der Waals surface area contributed by atoms with Gasteiger partial charge >= 0.3 is 5.97 Å². The highest BCUT2D eigenvalue weighted by Crippen LogP contribution is 2.38. The highest BCUT2D eigenvalue weighted by atomic mass is 32.2. The van der Waals surface area contributed by atoms with Gasteiger partial charge in [0.05, 0.1) is 5.41 Å². The second-order valence-electron chi connectivity index (χ2n) is 7.13. The van der Waals surface area contributed by atoms with Crippen molar-refractivity contribution in [1.29, 1.82) is 0 Å². The Balaban J connectivity index is 1.51. The van der Waals surface area contributed by atoms with E-state index in [1.54, 1.807) is 11.8 Å². The number of aliphatic carboxylic acids is 1. The van der Waals surface area contributed by atoms with Gasteiger partial charge in [-0.1, -0.05) is 36.0 Å². The summed E-state index contributed by atoms with van der Waals surface area (Å²) in [7, 11) is 0. The maximum atomic E-state index is 12.1. The molecule has 1 aromatic heterocycles. The number of hydrogen-bond donors (Lipinski definition) is 1. The minimum absolute atomic E-state index is 0.493. The minimum Gasteiger partial charge on any atom is -0.481 e. The zero-order chi connectivity index (χ0) is 19.4. The molecule has 28 heavy (non-hydrogen) atoms. The molecule has 2 aromatic carbocycles. The molecule has 2 heterocycles. The fourth-order valence-corrected chi connectivity index (χ4v) is 4.57. The summed E-state index contributed by atoms with van der Waals surface area (Å²) < 4.78 is 7.54. The van der Waals surface area contributed by atoms with Gasteiger partial charge in [-0.25, -0.2) is 0 Å². The van der Waals surface area contributed by atoms with Crippen LogP contribution in [0.25, 0.3) is 0 Å². The van der Waals surface area contributed by atoms with Crippen molar-refractivity contribution in [3.63, 3.8) is 0 Å². The van der Waals surface area contributed by atoms with Crippen LogP contribution in [0.15, 0.2) is 82.8 Å². The molecule has 144 valence electrons. The lowest BCUT2D eigenvalue weighted by Crippen LogP contribution is -2.41. The van der Waals surface area contributed by atoms with Crippen LogP contribution in [0.3, 0.4) is 0 Å². The standard InChI is InChI=1S/C23H23NO3S/c25-22(26)23(10-14-27-15-11-23)19-4-3-5-21(16-19)28-20-8-6-18(7-9-20)17-24-12-1-2-13-24/h1-9,12-13,16H,10-11,14-15,17H2,(H,25,26). The number of benzene rings is 2. The van der Waals surface area contributed by atoms with Crippen molar-refractivity contribution in [2.75, 3.05) is 13.2 Å². The van der Waals surface area contributed by atoms with E-state index in [1.165, 1.54) is 5.56 Å². The first kappa shape index (κ1) is 18.8. The Morgan fingerprint density at radius 3 is 2.39 bits per heavy atom. The van der Waals surface area contributed by atoms with E-state index in [1.807, 2.05) is 36.4 Å². The number of carboxylic acids is 1. The Hall–Kier alpha value is -2.50. The average molecular weight is 394 g/mol. The Bertz CT molecular complexity index is 929. The lowest BCUT2D eigenvalue weighted by atomic mass is 9.74. The van der Waals surface area contributed by atoms with E-state index in [0.717, 1.165) is 21.9 Å². The summed E-state index contributed by atoms with van der Waals surface area (Å²) in [4.78, 5) is 14.3. The van der Waals surface area contributed by atoms with Crippen molar-refractivity contribution in [3.8, 4) is 0 Å². The summed E-state index contributed by atoms with van der Waals surface area (Å²) >= 11 is 1.66. The summed E-state index contributed by atoms with van der Waals surface area (Å²) in [6.07, 6.45) is 5.15. The molecule has 1 fully saturated rings. The molecule has 0 atom stereocenters. The molecule has 0 bridgehead atoms. The fraction of sp³-hybridized carbons (Fsp3) is 0.261. The Labute approximate surface area is 169 Å². The van der Waals surface area contributed by atoms with E-state index < -0.39 is 11.4 Å². The van der Waals surface area contributed by atoms with Gasteiger partial charge in [0.15, 0.2) is 0 Å². The van der Waals surface area contributed by atoms with E-state index in [-0.39, 0.29) is 0 Å². The molecule has 3 aromatic rings. The third kappa shape index (κ3) is 4.01. The van der Waals surface area contributed by atoms with Gasteiger partial charge in [0.2, 0.25) is 0 Å². The number of nitrogens with zero attached hydrogens (tertiary/aromatic N) is 1. The maximum absolute atomic E-state index is 12.1. The fourth-order valence-electron chi connectivity index (χ4n) is 3.69. The van der Waals surface area contributed by atoms with E-state index in [0.29, 0.717) is 26.1 Å². The first-order chi connectivity index (χ1) is 13.7. The molecule has 0 spiro atoms. The van der Waals surface area contributed by atoms with Gasteiger partial charge in [-0.15, -0.1) is 0 Å². The largest absolute Gasteiger partial charge is 0.481 e. The zero-order valence-corrected chi connectivity index (χ0v) is 16.4. The average Bonchev–Trinajstić information content (AvgIpc) is 3.23. The highest BCUT2D eigenvalue weighted by Gasteiger charge is 2.41. The summed E-state index contributed by atoms with van der Waals surface area (Å²) in [6.45, 7) is 1.84. The number of carbonyl (C=O) groups is 1. The first-order valence-electron chi connectivity index (χ1n) is 9.45. The second-order valence-corrected chi connectivity index (χ2v) is 8.28. The lowest BCUT2D eigenvalue weighted by Gasteiger charge is -2.33. The quantitative estimate of drug-likeness (QED) is 0.652. The van der Waals surface area contributed by atoms with E-state index in [9.17, 15) is 9.90 Å². The molecule has 4 rings (SSSR count). The van der Waals surface area contributed by atoms with Crippen LogP contribution in [0, 0.1) is 0 Å². The molecule has 0 amide bonds. The normalized spacial score (nSPS) is 16.0. The summed E-state index contributed by atoms with van der Waals surface area (Å²) in [5.74, 6) is -0.757. The van der Waals surface area contributed by atoms with Crippen LogP contribution in [0.1, 0.15) is 24.0 Å². The predicted molar refractivity (Wildman–Crippen MR) is 110 cm³/mol. The molecule has 0 saturated carbocycles. The van der Waals surface area contributed by atoms with E-state index in [4.69, 9.17) is 4.74 Å². The number of carboxylic acid groups (broad SMARTS) is 1.